The minimum Gasteiger partial charge on any atom is -0.480 e. The molecule has 1 rings (SSSR count). The molecule has 124 valence electrons. The second kappa shape index (κ2) is 12.6. The van der Waals surface area contributed by atoms with E-state index in [-0.39, 0.29) is 6.61 Å². The topological polar surface area (TPSA) is 151 Å². The lowest BCUT2D eigenvalue weighted by Crippen LogP contribution is -2.29. The first-order valence-electron chi connectivity index (χ1n) is 6.78. The molecule has 1 aromatic rings. The van der Waals surface area contributed by atoms with Gasteiger partial charge in [0.25, 0.3) is 0 Å². The predicted octanol–water partition coefficient (Wildman–Crippen LogP) is 0.741. The molecule has 1 amide bonds. The smallest absolute Gasteiger partial charge is 0.436 e. The van der Waals surface area contributed by atoms with E-state index in [4.69, 9.17) is 16.6 Å². The van der Waals surface area contributed by atoms with Gasteiger partial charge in [0.15, 0.2) is 0 Å². The SMILES string of the molecule is NC(=O)OOCc1ccccc1.NCCCCC(N)C(=O)O. The van der Waals surface area contributed by atoms with Crippen molar-refractivity contribution in [3.63, 3.8) is 0 Å². The van der Waals surface area contributed by atoms with Crippen LogP contribution in [0.3, 0.4) is 0 Å². The zero-order chi connectivity index (χ0) is 16.8. The monoisotopic (exact) mass is 313 g/mol. The Hall–Kier alpha value is -2.16. The maximum atomic E-state index is 10.1. The third-order valence-electron chi connectivity index (χ3n) is 2.50. The Morgan fingerprint density at radius 1 is 1.18 bits per heavy atom. The number of benzene rings is 1. The Morgan fingerprint density at radius 2 is 1.82 bits per heavy atom. The molecule has 0 aliphatic rings. The largest absolute Gasteiger partial charge is 0.480 e. The van der Waals surface area contributed by atoms with Gasteiger partial charge in [-0.1, -0.05) is 36.8 Å². The highest BCUT2D eigenvalue weighted by Crippen LogP contribution is 2.00. The minimum absolute atomic E-state index is 0.212. The van der Waals surface area contributed by atoms with Gasteiger partial charge in [-0.3, -0.25) is 9.68 Å². The molecule has 0 bridgehead atoms. The van der Waals surface area contributed by atoms with Crippen LogP contribution in [0.2, 0.25) is 0 Å². The van der Waals surface area contributed by atoms with Crippen LogP contribution in [0.25, 0.3) is 0 Å². The second-order valence-corrected chi connectivity index (χ2v) is 4.38. The zero-order valence-corrected chi connectivity index (χ0v) is 12.3. The lowest BCUT2D eigenvalue weighted by Gasteiger charge is -2.03. The summed E-state index contributed by atoms with van der Waals surface area (Å²) in [6.45, 7) is 0.816. The van der Waals surface area contributed by atoms with Crippen molar-refractivity contribution in [1.29, 1.82) is 0 Å². The lowest BCUT2D eigenvalue weighted by molar-refractivity contribution is -0.246. The van der Waals surface area contributed by atoms with Crippen LogP contribution < -0.4 is 17.2 Å². The molecule has 1 aromatic carbocycles. The van der Waals surface area contributed by atoms with Crippen LogP contribution in [0, 0.1) is 0 Å². The zero-order valence-electron chi connectivity index (χ0n) is 12.3. The van der Waals surface area contributed by atoms with Gasteiger partial charge < -0.3 is 22.3 Å². The molecule has 0 aliphatic carbocycles. The fraction of sp³-hybridized carbons (Fsp3) is 0.429. The van der Waals surface area contributed by atoms with Crippen molar-refractivity contribution in [2.24, 2.45) is 17.2 Å². The molecule has 7 N–H and O–H groups in total. The van der Waals surface area contributed by atoms with Gasteiger partial charge in [-0.05, 0) is 24.9 Å². The first-order chi connectivity index (χ1) is 10.5. The highest BCUT2D eigenvalue weighted by Gasteiger charge is 2.09. The van der Waals surface area contributed by atoms with Crippen LogP contribution in [0.4, 0.5) is 4.79 Å². The lowest BCUT2D eigenvalue weighted by atomic mass is 10.1. The molecule has 0 heterocycles. The molecule has 1 unspecified atom stereocenters. The minimum atomic E-state index is -0.939. The van der Waals surface area contributed by atoms with Crippen LogP contribution in [-0.4, -0.2) is 29.8 Å². The van der Waals surface area contributed by atoms with Crippen LogP contribution >= 0.6 is 0 Å². The molecule has 8 heteroatoms. The van der Waals surface area contributed by atoms with Gasteiger partial charge in [0.2, 0.25) is 0 Å². The van der Waals surface area contributed by atoms with E-state index in [0.717, 1.165) is 18.4 Å². The van der Waals surface area contributed by atoms with Gasteiger partial charge in [-0.15, -0.1) is 0 Å². The number of rotatable bonds is 8. The maximum absolute atomic E-state index is 10.1. The number of carbonyl (C=O) groups excluding carboxylic acids is 1. The molecule has 1 atom stereocenters. The van der Waals surface area contributed by atoms with Crippen molar-refractivity contribution in [2.45, 2.75) is 31.9 Å². The molecule has 8 nitrogen and oxygen atoms in total. The van der Waals surface area contributed by atoms with Crippen LogP contribution in [0.15, 0.2) is 30.3 Å². The molecule has 0 spiro atoms. The standard InChI is InChI=1S/C8H9NO3.C6H14N2O2/c9-8(10)12-11-6-7-4-2-1-3-5-7;7-4-2-1-3-5(8)6(9)10/h1-5H,6H2,(H2,9,10);5H,1-4,7-8H2,(H,9,10). The van der Waals surface area contributed by atoms with E-state index in [1.165, 1.54) is 0 Å². The molecule has 0 radical (unpaired) electrons. The van der Waals surface area contributed by atoms with Crippen molar-refractivity contribution in [1.82, 2.24) is 0 Å². The molecule has 0 fully saturated rings. The number of aliphatic carboxylic acids is 1. The summed E-state index contributed by atoms with van der Waals surface area (Å²) in [4.78, 5) is 28.8. The van der Waals surface area contributed by atoms with Crippen molar-refractivity contribution in [2.75, 3.05) is 6.54 Å². The summed E-state index contributed by atoms with van der Waals surface area (Å²) in [5.41, 5.74) is 16.0. The van der Waals surface area contributed by atoms with E-state index in [0.29, 0.717) is 13.0 Å². The van der Waals surface area contributed by atoms with Gasteiger partial charge in [0, 0.05) is 0 Å². The summed E-state index contributed by atoms with van der Waals surface area (Å²) in [5, 5.41) is 8.33. The Morgan fingerprint density at radius 3 is 2.32 bits per heavy atom. The van der Waals surface area contributed by atoms with Gasteiger partial charge >= 0.3 is 12.1 Å². The molecule has 0 aliphatic heterocycles. The Balaban J connectivity index is 0.000000409. The number of nitrogens with two attached hydrogens (primary N) is 3. The summed E-state index contributed by atoms with van der Waals surface area (Å²) < 4.78 is 0. The van der Waals surface area contributed by atoms with E-state index in [1.807, 2.05) is 30.3 Å². The molecule has 0 aromatic heterocycles. The number of unbranched alkanes of at least 4 members (excludes halogenated alkanes) is 1. The van der Waals surface area contributed by atoms with Gasteiger partial charge in [-0.25, -0.2) is 4.79 Å². The van der Waals surface area contributed by atoms with E-state index < -0.39 is 18.1 Å². The predicted molar refractivity (Wildman–Crippen MR) is 80.4 cm³/mol. The van der Waals surface area contributed by atoms with E-state index in [1.54, 1.807) is 0 Å². The third-order valence-corrected chi connectivity index (χ3v) is 2.50. The number of amides is 1. The highest BCUT2D eigenvalue weighted by atomic mass is 17.2. The first-order valence-corrected chi connectivity index (χ1v) is 6.78. The van der Waals surface area contributed by atoms with Crippen LogP contribution in [0.5, 0.6) is 0 Å². The van der Waals surface area contributed by atoms with Gasteiger partial charge in [0.1, 0.15) is 12.6 Å². The Bertz CT molecular complexity index is 428. The average Bonchev–Trinajstić information content (AvgIpc) is 2.48. The maximum Gasteiger partial charge on any atom is 0.436 e. The molecular formula is C14H23N3O5. The fourth-order valence-electron chi connectivity index (χ4n) is 1.36. The third kappa shape index (κ3) is 11.6. The second-order valence-electron chi connectivity index (χ2n) is 4.38. The number of hydrogen-bond donors (Lipinski definition) is 4. The Kier molecular flexibility index (Phi) is 11.3. The quantitative estimate of drug-likeness (QED) is 0.314. The summed E-state index contributed by atoms with van der Waals surface area (Å²) in [6, 6.07) is 8.60. The summed E-state index contributed by atoms with van der Waals surface area (Å²) in [5.74, 6) is -0.933. The van der Waals surface area contributed by atoms with E-state index in [2.05, 4.69) is 15.5 Å². The molecule has 0 saturated carbocycles. The summed E-state index contributed by atoms with van der Waals surface area (Å²) in [6.07, 6.45) is 1.23. The Labute approximate surface area is 129 Å². The number of carboxylic acid groups (broad SMARTS) is 1. The van der Waals surface area contributed by atoms with Gasteiger partial charge in [0.05, 0.1) is 0 Å². The van der Waals surface area contributed by atoms with Crippen LogP contribution in [-0.2, 0) is 21.2 Å². The van der Waals surface area contributed by atoms with Crippen molar-refractivity contribution in [3.8, 4) is 0 Å². The normalized spacial score (nSPS) is 11.0. The number of carbonyl (C=O) groups is 2. The van der Waals surface area contributed by atoms with Gasteiger partial charge in [-0.2, -0.15) is 4.89 Å². The number of carboxylic acids is 1. The number of primary amides is 1. The van der Waals surface area contributed by atoms with E-state index in [9.17, 15) is 9.59 Å². The number of hydrogen-bond acceptors (Lipinski definition) is 6. The highest BCUT2D eigenvalue weighted by molar-refractivity contribution is 5.72. The average molecular weight is 313 g/mol. The fourth-order valence-corrected chi connectivity index (χ4v) is 1.36. The summed E-state index contributed by atoms with van der Waals surface area (Å²) in [7, 11) is 0. The van der Waals surface area contributed by atoms with Crippen molar-refractivity contribution in [3.05, 3.63) is 35.9 Å². The molecular weight excluding hydrogens is 290 g/mol. The van der Waals surface area contributed by atoms with Crippen LogP contribution in [0.1, 0.15) is 24.8 Å². The van der Waals surface area contributed by atoms with Crippen molar-refractivity contribution < 1.29 is 24.5 Å². The van der Waals surface area contributed by atoms with Crippen molar-refractivity contribution >= 4 is 12.1 Å². The van der Waals surface area contributed by atoms with E-state index >= 15 is 0 Å². The summed E-state index contributed by atoms with van der Waals surface area (Å²) >= 11 is 0. The first kappa shape index (κ1) is 19.8. The molecule has 0 saturated heterocycles. The molecule has 22 heavy (non-hydrogen) atoms.